The summed E-state index contributed by atoms with van der Waals surface area (Å²) in [6, 6.07) is 10.4. The van der Waals surface area contributed by atoms with Gasteiger partial charge in [-0.15, -0.1) is 0 Å². The molecule has 1 aromatic carbocycles. The molecule has 0 aliphatic carbocycles. The average Bonchev–Trinajstić information content (AvgIpc) is 2.30. The summed E-state index contributed by atoms with van der Waals surface area (Å²) in [5.41, 5.74) is 1.26. The van der Waals surface area contributed by atoms with Gasteiger partial charge < -0.3 is 4.74 Å². The molecule has 0 spiro atoms. The fourth-order valence-corrected chi connectivity index (χ4v) is 2.13. The van der Waals surface area contributed by atoms with Crippen LogP contribution in [0.1, 0.15) is 25.8 Å². The lowest BCUT2D eigenvalue weighted by Crippen LogP contribution is -2.10. The van der Waals surface area contributed by atoms with Crippen LogP contribution in [0.3, 0.4) is 0 Å². The lowest BCUT2D eigenvalue weighted by Gasteiger charge is -2.15. The summed E-state index contributed by atoms with van der Waals surface area (Å²) in [4.78, 5) is 0. The van der Waals surface area contributed by atoms with Crippen LogP contribution in [0.15, 0.2) is 30.3 Å². The monoisotopic (exact) mass is 332 g/mol. The van der Waals surface area contributed by atoms with Crippen molar-refractivity contribution in [3.63, 3.8) is 0 Å². The van der Waals surface area contributed by atoms with Crippen molar-refractivity contribution in [3.8, 4) is 0 Å². The van der Waals surface area contributed by atoms with E-state index in [0.717, 1.165) is 19.1 Å². The topological polar surface area (TPSA) is 9.23 Å². The Morgan fingerprint density at radius 1 is 1.12 bits per heavy atom. The molecule has 0 saturated carbocycles. The van der Waals surface area contributed by atoms with Crippen LogP contribution in [0.25, 0.3) is 0 Å². The molecule has 2 heteroatoms. The molecule has 90 valence electrons. The van der Waals surface area contributed by atoms with E-state index in [9.17, 15) is 0 Å². The van der Waals surface area contributed by atoms with Crippen molar-refractivity contribution in [2.24, 2.45) is 11.8 Å². The van der Waals surface area contributed by atoms with Crippen molar-refractivity contribution in [3.05, 3.63) is 35.9 Å². The maximum absolute atomic E-state index is 5.72. The zero-order valence-electron chi connectivity index (χ0n) is 10.2. The Morgan fingerprint density at radius 3 is 2.44 bits per heavy atom. The highest BCUT2D eigenvalue weighted by molar-refractivity contribution is 14.1. The maximum Gasteiger partial charge on any atom is 0.0717 e. The standard InChI is InChI=1S/C14H21IO/c1-12(9-15)8-13(2)10-16-11-14-6-4-3-5-7-14/h3-7,12-13H,8-11H2,1-2H3/t12-,13+/m1/s1. The molecule has 0 radical (unpaired) electrons. The minimum Gasteiger partial charge on any atom is -0.376 e. The highest BCUT2D eigenvalue weighted by Crippen LogP contribution is 2.14. The van der Waals surface area contributed by atoms with E-state index >= 15 is 0 Å². The molecule has 0 aliphatic rings. The predicted molar refractivity (Wildman–Crippen MR) is 77.9 cm³/mol. The molecule has 1 nitrogen and oxygen atoms in total. The second kappa shape index (κ2) is 8.07. The summed E-state index contributed by atoms with van der Waals surface area (Å²) in [5.74, 6) is 1.46. The first-order valence-electron chi connectivity index (χ1n) is 5.90. The minimum atomic E-state index is 0.661. The Kier molecular flexibility index (Phi) is 7.05. The number of rotatable bonds is 7. The van der Waals surface area contributed by atoms with E-state index in [4.69, 9.17) is 4.74 Å². The van der Waals surface area contributed by atoms with Crippen LogP contribution in [0, 0.1) is 11.8 Å². The third-order valence-corrected chi connectivity index (χ3v) is 4.09. The fraction of sp³-hybridized carbons (Fsp3) is 0.571. The Morgan fingerprint density at radius 2 is 1.81 bits per heavy atom. The van der Waals surface area contributed by atoms with E-state index < -0.39 is 0 Å². The highest BCUT2D eigenvalue weighted by Gasteiger charge is 2.07. The second-order valence-electron chi connectivity index (χ2n) is 4.60. The average molecular weight is 332 g/mol. The third-order valence-electron chi connectivity index (χ3n) is 2.58. The molecule has 2 atom stereocenters. The first-order valence-corrected chi connectivity index (χ1v) is 7.42. The molecular weight excluding hydrogens is 311 g/mol. The fourth-order valence-electron chi connectivity index (χ4n) is 1.77. The molecule has 0 saturated heterocycles. The number of halogens is 1. The van der Waals surface area contributed by atoms with Crippen molar-refractivity contribution in [1.29, 1.82) is 0 Å². The van der Waals surface area contributed by atoms with Gasteiger partial charge in [0.25, 0.3) is 0 Å². The summed E-state index contributed by atoms with van der Waals surface area (Å²) < 4.78 is 6.96. The van der Waals surface area contributed by atoms with E-state index in [0.29, 0.717) is 5.92 Å². The van der Waals surface area contributed by atoms with Crippen molar-refractivity contribution >= 4 is 22.6 Å². The SMILES string of the molecule is C[C@H](COCc1ccccc1)C[C@@H](C)CI. The molecule has 0 fully saturated rings. The Hall–Kier alpha value is -0.0900. The summed E-state index contributed by atoms with van der Waals surface area (Å²) in [6.45, 7) is 6.19. The molecule has 16 heavy (non-hydrogen) atoms. The van der Waals surface area contributed by atoms with Crippen molar-refractivity contribution in [2.45, 2.75) is 26.9 Å². The zero-order valence-corrected chi connectivity index (χ0v) is 12.3. The lowest BCUT2D eigenvalue weighted by atomic mass is 10.00. The highest BCUT2D eigenvalue weighted by atomic mass is 127. The van der Waals surface area contributed by atoms with Crippen LogP contribution in [0.4, 0.5) is 0 Å². The zero-order chi connectivity index (χ0) is 11.8. The van der Waals surface area contributed by atoms with Gasteiger partial charge in [0.15, 0.2) is 0 Å². The maximum atomic E-state index is 5.72. The van der Waals surface area contributed by atoms with Crippen LogP contribution in [0.2, 0.25) is 0 Å². The van der Waals surface area contributed by atoms with Crippen LogP contribution in [-0.2, 0) is 11.3 Å². The number of alkyl halides is 1. The lowest BCUT2D eigenvalue weighted by molar-refractivity contribution is 0.0859. The molecule has 0 aliphatic heterocycles. The van der Waals surface area contributed by atoms with Gasteiger partial charge in [-0.1, -0.05) is 66.8 Å². The molecular formula is C14H21IO. The molecule has 0 unspecified atom stereocenters. The molecule has 0 N–H and O–H groups in total. The normalized spacial score (nSPS) is 14.7. The Bertz CT molecular complexity index is 273. The van der Waals surface area contributed by atoms with Crippen LogP contribution >= 0.6 is 22.6 Å². The Labute approximate surface area is 113 Å². The number of benzene rings is 1. The largest absolute Gasteiger partial charge is 0.376 e. The van der Waals surface area contributed by atoms with Gasteiger partial charge in [0.2, 0.25) is 0 Å². The predicted octanol–water partition coefficient (Wildman–Crippen LogP) is 4.30. The van der Waals surface area contributed by atoms with E-state index in [2.05, 4.69) is 60.7 Å². The van der Waals surface area contributed by atoms with Crippen molar-refractivity contribution < 1.29 is 4.74 Å². The van der Waals surface area contributed by atoms with E-state index in [1.165, 1.54) is 16.4 Å². The van der Waals surface area contributed by atoms with Gasteiger partial charge in [-0.05, 0) is 23.8 Å². The summed E-state index contributed by atoms with van der Waals surface area (Å²) in [5, 5.41) is 0. The third kappa shape index (κ3) is 5.85. The van der Waals surface area contributed by atoms with Crippen LogP contribution in [0.5, 0.6) is 0 Å². The summed E-state index contributed by atoms with van der Waals surface area (Å²) in [6.07, 6.45) is 1.26. The van der Waals surface area contributed by atoms with Gasteiger partial charge >= 0.3 is 0 Å². The van der Waals surface area contributed by atoms with Gasteiger partial charge in [-0.25, -0.2) is 0 Å². The summed E-state index contributed by atoms with van der Waals surface area (Å²) >= 11 is 2.45. The van der Waals surface area contributed by atoms with Gasteiger partial charge in [-0.3, -0.25) is 0 Å². The first kappa shape index (κ1) is 14.0. The molecule has 0 heterocycles. The molecule has 1 aromatic rings. The number of hydrogen-bond acceptors (Lipinski definition) is 1. The van der Waals surface area contributed by atoms with Crippen LogP contribution < -0.4 is 0 Å². The van der Waals surface area contributed by atoms with Gasteiger partial charge in [0.1, 0.15) is 0 Å². The van der Waals surface area contributed by atoms with E-state index in [-0.39, 0.29) is 0 Å². The quantitative estimate of drug-likeness (QED) is 0.534. The summed E-state index contributed by atoms with van der Waals surface area (Å²) in [7, 11) is 0. The van der Waals surface area contributed by atoms with Crippen molar-refractivity contribution in [1.82, 2.24) is 0 Å². The minimum absolute atomic E-state index is 0.661. The number of ether oxygens (including phenoxy) is 1. The number of hydrogen-bond donors (Lipinski definition) is 0. The smallest absolute Gasteiger partial charge is 0.0717 e. The van der Waals surface area contributed by atoms with E-state index in [1.54, 1.807) is 0 Å². The first-order chi connectivity index (χ1) is 7.72. The molecule has 0 amide bonds. The molecule has 0 aromatic heterocycles. The van der Waals surface area contributed by atoms with Crippen molar-refractivity contribution in [2.75, 3.05) is 11.0 Å². The molecule has 0 bridgehead atoms. The second-order valence-corrected chi connectivity index (χ2v) is 5.48. The van der Waals surface area contributed by atoms with Gasteiger partial charge in [0, 0.05) is 11.0 Å². The van der Waals surface area contributed by atoms with E-state index in [1.807, 2.05) is 6.07 Å². The van der Waals surface area contributed by atoms with Gasteiger partial charge in [-0.2, -0.15) is 0 Å². The molecule has 1 rings (SSSR count). The van der Waals surface area contributed by atoms with Gasteiger partial charge in [0.05, 0.1) is 6.61 Å². The van der Waals surface area contributed by atoms with Crippen LogP contribution in [-0.4, -0.2) is 11.0 Å². The Balaban J connectivity index is 2.15.